The van der Waals surface area contributed by atoms with Gasteiger partial charge in [-0.1, -0.05) is 23.5 Å². The molecule has 2 aromatic heterocycles. The second-order valence-corrected chi connectivity index (χ2v) is 8.70. The molecule has 0 atom stereocenters. The molecule has 0 saturated heterocycles. The van der Waals surface area contributed by atoms with Crippen molar-refractivity contribution in [2.75, 3.05) is 12.0 Å². The summed E-state index contributed by atoms with van der Waals surface area (Å²) in [5, 5.41) is 1.99. The van der Waals surface area contributed by atoms with Crippen LogP contribution in [-0.2, 0) is 11.3 Å². The molecule has 0 unspecified atom stereocenters. The van der Waals surface area contributed by atoms with Crippen LogP contribution in [0.15, 0.2) is 40.7 Å². The molecule has 1 aromatic carbocycles. The van der Waals surface area contributed by atoms with Crippen molar-refractivity contribution in [2.45, 2.75) is 20.4 Å². The summed E-state index contributed by atoms with van der Waals surface area (Å²) in [4.78, 5) is 18.5. The molecule has 3 rings (SSSR count). The van der Waals surface area contributed by atoms with E-state index in [9.17, 15) is 4.79 Å². The summed E-state index contributed by atoms with van der Waals surface area (Å²) in [6.07, 6.45) is 5.47. The molecule has 0 fully saturated rings. The van der Waals surface area contributed by atoms with Gasteiger partial charge in [0, 0.05) is 23.3 Å². The molecule has 0 saturated carbocycles. The second kappa shape index (κ2) is 8.17. The molecule has 0 bridgehead atoms. The highest BCUT2D eigenvalue weighted by Crippen LogP contribution is 2.23. The van der Waals surface area contributed by atoms with Crippen molar-refractivity contribution >= 4 is 56.6 Å². The highest BCUT2D eigenvalue weighted by Gasteiger charge is 2.10. The predicted molar refractivity (Wildman–Crippen MR) is 112 cm³/mol. The van der Waals surface area contributed by atoms with Crippen LogP contribution in [0.1, 0.15) is 16.0 Å². The molecule has 130 valence electrons. The van der Waals surface area contributed by atoms with Crippen molar-refractivity contribution in [1.29, 1.82) is 0 Å². The number of thioether (sulfide) groups is 1. The number of aryl methyl sites for hydroxylation is 3. The first-order valence-electron chi connectivity index (χ1n) is 7.98. The van der Waals surface area contributed by atoms with Gasteiger partial charge < -0.3 is 4.57 Å². The molecule has 0 N–H and O–H groups in total. The third-order valence-corrected chi connectivity index (χ3v) is 6.43. The Morgan fingerprint density at radius 1 is 1.36 bits per heavy atom. The van der Waals surface area contributed by atoms with Crippen molar-refractivity contribution in [3.05, 3.63) is 56.5 Å². The van der Waals surface area contributed by atoms with E-state index in [1.807, 2.05) is 23.6 Å². The van der Waals surface area contributed by atoms with Gasteiger partial charge in [0.2, 0.25) is 0 Å². The molecule has 1 amide bonds. The third kappa shape index (κ3) is 4.32. The Morgan fingerprint density at radius 3 is 2.92 bits per heavy atom. The van der Waals surface area contributed by atoms with Crippen LogP contribution in [0.25, 0.3) is 16.3 Å². The Hall–Kier alpha value is -1.63. The normalized spacial score (nSPS) is 12.5. The van der Waals surface area contributed by atoms with E-state index in [4.69, 9.17) is 0 Å². The summed E-state index contributed by atoms with van der Waals surface area (Å²) >= 11 is 5.00. The van der Waals surface area contributed by atoms with Crippen molar-refractivity contribution in [3.63, 3.8) is 0 Å². The lowest BCUT2D eigenvalue weighted by molar-refractivity contribution is -0.113. The number of aromatic nitrogens is 1. The van der Waals surface area contributed by atoms with E-state index in [2.05, 4.69) is 41.8 Å². The summed E-state index contributed by atoms with van der Waals surface area (Å²) in [5.41, 5.74) is 3.64. The summed E-state index contributed by atoms with van der Waals surface area (Å²) in [5.74, 6) is 0.776. The van der Waals surface area contributed by atoms with Gasteiger partial charge in [-0.05, 0) is 54.8 Å². The summed E-state index contributed by atoms with van der Waals surface area (Å²) in [6, 6.07) is 8.32. The van der Waals surface area contributed by atoms with E-state index < -0.39 is 0 Å². The number of carbonyl (C=O) groups excluding carboxylic acids is 1. The van der Waals surface area contributed by atoms with Crippen LogP contribution in [0.5, 0.6) is 0 Å². The van der Waals surface area contributed by atoms with Gasteiger partial charge in [-0.3, -0.25) is 4.79 Å². The molecule has 0 spiro atoms. The molecule has 25 heavy (non-hydrogen) atoms. The number of thiophene rings is 1. The van der Waals surface area contributed by atoms with Gasteiger partial charge in [-0.2, -0.15) is 16.8 Å². The maximum Gasteiger partial charge on any atom is 0.272 e. The molecule has 3 nitrogen and oxygen atoms in total. The quantitative estimate of drug-likeness (QED) is 0.584. The second-order valence-electron chi connectivity index (χ2n) is 5.76. The number of amides is 1. The Labute approximate surface area is 159 Å². The predicted octanol–water partition coefficient (Wildman–Crippen LogP) is 4.88. The van der Waals surface area contributed by atoms with Gasteiger partial charge >= 0.3 is 0 Å². The van der Waals surface area contributed by atoms with E-state index in [-0.39, 0.29) is 5.91 Å². The van der Waals surface area contributed by atoms with Gasteiger partial charge in [0.05, 0.1) is 10.2 Å². The van der Waals surface area contributed by atoms with Crippen molar-refractivity contribution in [1.82, 2.24) is 4.57 Å². The highest BCUT2D eigenvalue weighted by atomic mass is 32.2. The topological polar surface area (TPSA) is 34.4 Å². The van der Waals surface area contributed by atoms with Crippen LogP contribution >= 0.6 is 34.4 Å². The molecule has 0 aliphatic rings. The zero-order valence-electron chi connectivity index (χ0n) is 14.5. The average molecular weight is 389 g/mol. The van der Waals surface area contributed by atoms with Crippen LogP contribution in [0.3, 0.4) is 0 Å². The highest BCUT2D eigenvalue weighted by molar-refractivity contribution is 7.98. The average Bonchev–Trinajstić information content (AvgIpc) is 3.19. The van der Waals surface area contributed by atoms with E-state index in [1.165, 1.54) is 21.3 Å². The minimum Gasteiger partial charge on any atom is -0.315 e. The minimum atomic E-state index is -0.216. The molecule has 0 radical (unpaired) electrons. The van der Waals surface area contributed by atoms with Crippen molar-refractivity contribution in [2.24, 2.45) is 4.99 Å². The summed E-state index contributed by atoms with van der Waals surface area (Å²) in [6.45, 7) is 5.08. The van der Waals surface area contributed by atoms with E-state index in [0.717, 1.165) is 22.0 Å². The number of hydrogen-bond acceptors (Lipinski definition) is 4. The lowest BCUT2D eigenvalue weighted by Crippen LogP contribution is -2.17. The first-order valence-corrected chi connectivity index (χ1v) is 11.1. The number of carbonyl (C=O) groups is 1. The molecule has 0 aliphatic heterocycles. The van der Waals surface area contributed by atoms with Crippen LogP contribution in [0.4, 0.5) is 0 Å². The third-order valence-electron chi connectivity index (χ3n) is 3.77. The Kier molecular flexibility index (Phi) is 5.93. The fraction of sp³-hybridized carbons (Fsp3) is 0.263. The van der Waals surface area contributed by atoms with Crippen LogP contribution in [-0.4, -0.2) is 22.5 Å². The zero-order chi connectivity index (χ0) is 17.8. The van der Waals surface area contributed by atoms with E-state index >= 15 is 0 Å². The first kappa shape index (κ1) is 18.2. The van der Waals surface area contributed by atoms with Gasteiger partial charge in [0.15, 0.2) is 4.80 Å². The van der Waals surface area contributed by atoms with Gasteiger partial charge in [0.25, 0.3) is 5.91 Å². The Balaban J connectivity index is 2.04. The zero-order valence-corrected chi connectivity index (χ0v) is 16.9. The maximum atomic E-state index is 12.3. The fourth-order valence-corrected chi connectivity index (χ4v) is 4.76. The molecule has 3 aromatic rings. The number of rotatable bonds is 5. The number of thiazole rings is 1. The van der Waals surface area contributed by atoms with Crippen LogP contribution in [0.2, 0.25) is 0 Å². The molecule has 6 heteroatoms. The van der Waals surface area contributed by atoms with Gasteiger partial charge in [-0.25, -0.2) is 0 Å². The van der Waals surface area contributed by atoms with E-state index in [0.29, 0.717) is 0 Å². The Bertz CT molecular complexity index is 978. The number of hydrogen-bond donors (Lipinski definition) is 0. The Morgan fingerprint density at radius 2 is 2.20 bits per heavy atom. The number of benzene rings is 1. The van der Waals surface area contributed by atoms with Gasteiger partial charge in [-0.15, -0.1) is 11.3 Å². The fourth-order valence-electron chi connectivity index (χ4n) is 2.67. The lowest BCUT2D eigenvalue weighted by atomic mass is 10.1. The SMILES string of the molecule is CSCCn1c(=NC(=O)/C=C/c2cccs2)sc2c(C)cc(C)cc21. The standard InChI is InChI=1S/C19H20N2OS3/c1-13-11-14(2)18-16(12-13)21(8-10-23-3)19(25-18)20-17(22)7-6-15-5-4-9-24-15/h4-7,9,11-12H,8,10H2,1-3H3/b7-6+,20-19?. The summed E-state index contributed by atoms with van der Waals surface area (Å²) in [7, 11) is 0. The van der Waals surface area contributed by atoms with Crippen LogP contribution in [0, 0.1) is 13.8 Å². The molecule has 2 heterocycles. The molecular formula is C19H20N2OS3. The summed E-state index contributed by atoms with van der Waals surface area (Å²) < 4.78 is 3.38. The molecule has 0 aliphatic carbocycles. The first-order chi connectivity index (χ1) is 12.1. The van der Waals surface area contributed by atoms with Gasteiger partial charge in [0.1, 0.15) is 0 Å². The lowest BCUT2D eigenvalue weighted by Gasteiger charge is -2.05. The van der Waals surface area contributed by atoms with Crippen molar-refractivity contribution in [3.8, 4) is 0 Å². The van der Waals surface area contributed by atoms with Crippen LogP contribution < -0.4 is 4.80 Å². The maximum absolute atomic E-state index is 12.3. The minimum absolute atomic E-state index is 0.216. The monoisotopic (exact) mass is 388 g/mol. The largest absolute Gasteiger partial charge is 0.315 e. The number of fused-ring (bicyclic) bond motifs is 1. The van der Waals surface area contributed by atoms with Crippen molar-refractivity contribution < 1.29 is 4.79 Å². The molecular weight excluding hydrogens is 368 g/mol. The smallest absolute Gasteiger partial charge is 0.272 e. The van der Waals surface area contributed by atoms with E-state index in [1.54, 1.807) is 40.5 Å². The number of nitrogens with zero attached hydrogens (tertiary/aromatic N) is 2.